The van der Waals surface area contributed by atoms with Gasteiger partial charge >= 0.3 is 0 Å². The number of carbonyl (C=O) groups excluding carboxylic acids is 1. The minimum absolute atomic E-state index is 0.0671. The SMILES string of the molecule is CC1CCN(S(=O)(=O)c2ccc(NC(=O)C[NH+]3CCOCC3)cc2)CC1. The Labute approximate surface area is 155 Å². The first kappa shape index (κ1) is 19.3. The number of rotatable bonds is 5. The van der Waals surface area contributed by atoms with Crippen molar-refractivity contribution in [1.29, 1.82) is 0 Å². The van der Waals surface area contributed by atoms with Crippen molar-refractivity contribution in [1.82, 2.24) is 4.31 Å². The number of benzene rings is 1. The van der Waals surface area contributed by atoms with E-state index in [1.165, 1.54) is 4.90 Å². The first-order chi connectivity index (χ1) is 12.4. The topological polar surface area (TPSA) is 80.2 Å². The Hall–Kier alpha value is -1.48. The molecule has 7 nitrogen and oxygen atoms in total. The highest BCUT2D eigenvalue weighted by Gasteiger charge is 2.28. The van der Waals surface area contributed by atoms with Gasteiger partial charge in [0, 0.05) is 18.8 Å². The highest BCUT2D eigenvalue weighted by atomic mass is 32.2. The third-order valence-corrected chi connectivity index (χ3v) is 7.04. The molecule has 1 aromatic rings. The molecule has 2 N–H and O–H groups in total. The summed E-state index contributed by atoms with van der Waals surface area (Å²) in [4.78, 5) is 13.6. The van der Waals surface area contributed by atoms with Gasteiger partial charge in [-0.15, -0.1) is 0 Å². The zero-order valence-electron chi connectivity index (χ0n) is 15.2. The Kier molecular flexibility index (Phi) is 6.29. The molecule has 0 saturated carbocycles. The molecule has 2 aliphatic heterocycles. The molecular weight excluding hydrogens is 354 g/mol. The zero-order valence-corrected chi connectivity index (χ0v) is 16.1. The molecule has 144 valence electrons. The minimum Gasteiger partial charge on any atom is -0.370 e. The van der Waals surface area contributed by atoms with Crippen molar-refractivity contribution in [3.8, 4) is 0 Å². The van der Waals surface area contributed by atoms with Crippen LogP contribution >= 0.6 is 0 Å². The van der Waals surface area contributed by atoms with Crippen LogP contribution in [-0.2, 0) is 19.6 Å². The number of piperidine rings is 1. The summed E-state index contributed by atoms with van der Waals surface area (Å²) in [5.41, 5.74) is 0.619. The lowest BCUT2D eigenvalue weighted by atomic mass is 10.0. The number of carbonyl (C=O) groups is 1. The Morgan fingerprint density at radius 2 is 1.81 bits per heavy atom. The lowest BCUT2D eigenvalue weighted by Crippen LogP contribution is -3.15. The highest BCUT2D eigenvalue weighted by Crippen LogP contribution is 2.24. The fourth-order valence-corrected chi connectivity index (χ4v) is 4.82. The molecule has 1 aromatic carbocycles. The summed E-state index contributed by atoms with van der Waals surface area (Å²) in [5.74, 6) is 0.509. The summed E-state index contributed by atoms with van der Waals surface area (Å²) >= 11 is 0. The molecule has 0 atom stereocenters. The van der Waals surface area contributed by atoms with Gasteiger partial charge in [-0.25, -0.2) is 8.42 Å². The molecule has 0 aromatic heterocycles. The number of amides is 1. The smallest absolute Gasteiger partial charge is 0.279 e. The molecule has 2 heterocycles. The lowest BCUT2D eigenvalue weighted by Gasteiger charge is -2.29. The first-order valence-corrected chi connectivity index (χ1v) is 10.7. The molecule has 0 unspecified atom stereocenters. The molecule has 3 rings (SSSR count). The molecule has 8 heteroatoms. The van der Waals surface area contributed by atoms with Gasteiger partial charge in [0.15, 0.2) is 6.54 Å². The average Bonchev–Trinajstić information content (AvgIpc) is 2.63. The zero-order chi connectivity index (χ0) is 18.6. The van der Waals surface area contributed by atoms with E-state index in [0.717, 1.165) is 25.9 Å². The van der Waals surface area contributed by atoms with Gasteiger partial charge in [-0.2, -0.15) is 4.31 Å². The number of anilines is 1. The maximum atomic E-state index is 12.7. The molecule has 0 aliphatic carbocycles. The molecule has 0 bridgehead atoms. The quantitative estimate of drug-likeness (QED) is 0.749. The number of ether oxygens (including phenoxy) is 1. The van der Waals surface area contributed by atoms with Crippen molar-refractivity contribution in [3.63, 3.8) is 0 Å². The largest absolute Gasteiger partial charge is 0.370 e. The minimum atomic E-state index is -3.45. The summed E-state index contributed by atoms with van der Waals surface area (Å²) in [7, 11) is -3.45. The van der Waals surface area contributed by atoms with E-state index in [0.29, 0.717) is 44.5 Å². The van der Waals surface area contributed by atoms with Gasteiger partial charge in [-0.1, -0.05) is 6.92 Å². The van der Waals surface area contributed by atoms with E-state index in [1.807, 2.05) is 0 Å². The summed E-state index contributed by atoms with van der Waals surface area (Å²) < 4.78 is 32.3. The van der Waals surface area contributed by atoms with Crippen molar-refractivity contribution in [3.05, 3.63) is 24.3 Å². The molecule has 2 saturated heterocycles. The van der Waals surface area contributed by atoms with E-state index >= 15 is 0 Å². The van der Waals surface area contributed by atoms with Crippen LogP contribution in [0.15, 0.2) is 29.2 Å². The standard InChI is InChI=1S/C18H27N3O4S/c1-15-6-8-21(9-7-15)26(23,24)17-4-2-16(3-5-17)19-18(22)14-20-10-12-25-13-11-20/h2-5,15H,6-14H2,1H3,(H,19,22)/p+1. The van der Waals surface area contributed by atoms with Crippen LogP contribution in [0.4, 0.5) is 5.69 Å². The van der Waals surface area contributed by atoms with Crippen LogP contribution in [0.25, 0.3) is 0 Å². The number of nitrogens with one attached hydrogen (secondary N) is 2. The van der Waals surface area contributed by atoms with Crippen LogP contribution in [0.3, 0.4) is 0 Å². The lowest BCUT2D eigenvalue weighted by molar-refractivity contribution is -0.899. The summed E-state index contributed by atoms with van der Waals surface area (Å²) in [6.45, 7) is 6.73. The van der Waals surface area contributed by atoms with Crippen LogP contribution in [0.5, 0.6) is 0 Å². The van der Waals surface area contributed by atoms with Gasteiger partial charge in [0.05, 0.1) is 18.1 Å². The van der Waals surface area contributed by atoms with Crippen molar-refractivity contribution < 1.29 is 22.8 Å². The molecule has 26 heavy (non-hydrogen) atoms. The van der Waals surface area contributed by atoms with Crippen LogP contribution in [0.2, 0.25) is 0 Å². The van der Waals surface area contributed by atoms with Crippen molar-refractivity contribution in [2.45, 2.75) is 24.7 Å². The van der Waals surface area contributed by atoms with E-state index in [9.17, 15) is 13.2 Å². The second-order valence-electron chi connectivity index (χ2n) is 7.20. The van der Waals surface area contributed by atoms with Crippen LogP contribution in [0, 0.1) is 5.92 Å². The summed E-state index contributed by atoms with van der Waals surface area (Å²) in [6.07, 6.45) is 1.80. The Morgan fingerprint density at radius 3 is 2.42 bits per heavy atom. The Bertz CT molecular complexity index is 706. The fraction of sp³-hybridized carbons (Fsp3) is 0.611. The second kappa shape index (κ2) is 8.47. The highest BCUT2D eigenvalue weighted by molar-refractivity contribution is 7.89. The van der Waals surface area contributed by atoms with E-state index in [4.69, 9.17) is 4.74 Å². The number of quaternary nitrogens is 1. The Balaban J connectivity index is 1.58. The molecule has 0 radical (unpaired) electrons. The molecule has 2 aliphatic rings. The molecule has 1 amide bonds. The van der Waals surface area contributed by atoms with Gasteiger partial charge in [0.2, 0.25) is 10.0 Å². The molecule has 2 fully saturated rings. The fourth-order valence-electron chi connectivity index (χ4n) is 3.35. The van der Waals surface area contributed by atoms with E-state index in [2.05, 4.69) is 12.2 Å². The number of morpholine rings is 1. The van der Waals surface area contributed by atoms with E-state index < -0.39 is 10.0 Å². The summed E-state index contributed by atoms with van der Waals surface area (Å²) in [6, 6.07) is 6.47. The van der Waals surface area contributed by atoms with E-state index in [1.54, 1.807) is 28.6 Å². The van der Waals surface area contributed by atoms with Crippen LogP contribution < -0.4 is 10.2 Å². The van der Waals surface area contributed by atoms with Crippen molar-refractivity contribution >= 4 is 21.6 Å². The number of nitrogens with zero attached hydrogens (tertiary/aromatic N) is 1. The van der Waals surface area contributed by atoms with Crippen molar-refractivity contribution in [2.24, 2.45) is 5.92 Å². The maximum absolute atomic E-state index is 12.7. The third kappa shape index (κ3) is 4.82. The molecular formula is C18H28N3O4S+. The predicted molar refractivity (Wildman–Crippen MR) is 98.6 cm³/mol. The average molecular weight is 383 g/mol. The third-order valence-electron chi connectivity index (χ3n) is 5.13. The normalized spacial score (nSPS) is 20.8. The molecule has 0 spiro atoms. The Morgan fingerprint density at radius 1 is 1.19 bits per heavy atom. The number of sulfonamides is 1. The second-order valence-corrected chi connectivity index (χ2v) is 9.14. The van der Waals surface area contributed by atoms with E-state index in [-0.39, 0.29) is 10.8 Å². The monoisotopic (exact) mass is 382 g/mol. The maximum Gasteiger partial charge on any atom is 0.279 e. The number of hydrogen-bond acceptors (Lipinski definition) is 4. The van der Waals surface area contributed by atoms with Gasteiger partial charge in [-0.05, 0) is 43.0 Å². The van der Waals surface area contributed by atoms with Crippen LogP contribution in [0.1, 0.15) is 19.8 Å². The van der Waals surface area contributed by atoms with Gasteiger partial charge < -0.3 is 15.0 Å². The summed E-state index contributed by atoms with van der Waals surface area (Å²) in [5, 5.41) is 2.84. The predicted octanol–water partition coefficient (Wildman–Crippen LogP) is -0.0392. The van der Waals surface area contributed by atoms with Crippen molar-refractivity contribution in [2.75, 3.05) is 51.3 Å². The van der Waals surface area contributed by atoms with Gasteiger partial charge in [0.1, 0.15) is 13.1 Å². The first-order valence-electron chi connectivity index (χ1n) is 9.26. The van der Waals surface area contributed by atoms with Crippen LogP contribution in [-0.4, -0.2) is 64.6 Å². The van der Waals surface area contributed by atoms with Gasteiger partial charge in [-0.3, -0.25) is 4.79 Å². The van der Waals surface area contributed by atoms with Gasteiger partial charge in [0.25, 0.3) is 5.91 Å². The number of hydrogen-bond donors (Lipinski definition) is 2.